The molecule has 8 aromatic rings. The molecule has 0 aliphatic heterocycles. The standard InChI is InChI=1S/C40H27ClN4O/c1-25(26-12-4-2-5-13-26)43-40(44-39(42)27-14-6-3-7-15-27)28-22-29(41)24-30(23-28)45-34-18-10-8-17-33(34)37-35(45)21-20-32-31-16-9-11-19-36(31)46-38(32)37/h2-24,42H,1H3. The lowest BCUT2D eigenvalue weighted by molar-refractivity contribution is 0.673. The molecule has 46 heavy (non-hydrogen) atoms. The minimum atomic E-state index is 0.117. The molecule has 6 heteroatoms. The number of nitrogens with zero attached hydrogens (tertiary/aromatic N) is 3. The fourth-order valence-corrected chi connectivity index (χ4v) is 6.40. The van der Waals surface area contributed by atoms with Crippen LogP contribution in [0.25, 0.3) is 49.4 Å². The monoisotopic (exact) mass is 614 g/mol. The number of benzene rings is 6. The lowest BCUT2D eigenvalue weighted by Gasteiger charge is -2.12. The van der Waals surface area contributed by atoms with Crippen molar-refractivity contribution in [3.8, 4) is 5.69 Å². The summed E-state index contributed by atoms with van der Waals surface area (Å²) in [7, 11) is 0. The lowest BCUT2D eigenvalue weighted by atomic mass is 10.1. The summed E-state index contributed by atoms with van der Waals surface area (Å²) < 4.78 is 8.69. The first-order chi connectivity index (χ1) is 22.5. The van der Waals surface area contributed by atoms with Crippen LogP contribution >= 0.6 is 11.6 Å². The van der Waals surface area contributed by atoms with Crippen LogP contribution in [0.1, 0.15) is 23.6 Å². The molecule has 0 atom stereocenters. The van der Waals surface area contributed by atoms with Gasteiger partial charge >= 0.3 is 0 Å². The van der Waals surface area contributed by atoms with Crippen molar-refractivity contribution in [3.05, 3.63) is 161 Å². The Morgan fingerprint density at radius 3 is 2.09 bits per heavy atom. The van der Waals surface area contributed by atoms with Gasteiger partial charge in [0.1, 0.15) is 11.2 Å². The molecule has 6 aromatic carbocycles. The number of fused-ring (bicyclic) bond motifs is 7. The van der Waals surface area contributed by atoms with Crippen LogP contribution < -0.4 is 0 Å². The van der Waals surface area contributed by atoms with Gasteiger partial charge in [0.15, 0.2) is 11.7 Å². The minimum Gasteiger partial charge on any atom is -0.455 e. The van der Waals surface area contributed by atoms with Gasteiger partial charge in [-0.1, -0.05) is 109 Å². The lowest BCUT2D eigenvalue weighted by Crippen LogP contribution is -2.08. The highest BCUT2D eigenvalue weighted by Gasteiger charge is 2.19. The molecule has 0 bridgehead atoms. The van der Waals surface area contributed by atoms with E-state index in [0.717, 1.165) is 60.7 Å². The molecule has 0 unspecified atom stereocenters. The fraction of sp³-hybridized carbons (Fsp3) is 0.0250. The summed E-state index contributed by atoms with van der Waals surface area (Å²) >= 11 is 6.88. The SMILES string of the molecule is CC(=NC(=NC(=N)c1ccccc1)c1cc(Cl)cc(-n2c3ccccc3c3c4oc5ccccc5c4ccc32)c1)c1ccccc1. The van der Waals surface area contributed by atoms with Crippen molar-refractivity contribution < 1.29 is 4.42 Å². The van der Waals surface area contributed by atoms with Gasteiger partial charge in [0.25, 0.3) is 0 Å². The zero-order valence-corrected chi connectivity index (χ0v) is 25.7. The van der Waals surface area contributed by atoms with Crippen LogP contribution in [-0.4, -0.2) is 22.0 Å². The average Bonchev–Trinajstić information content (AvgIpc) is 3.64. The molecule has 2 aromatic heterocycles. The molecule has 0 spiro atoms. The molecule has 2 heterocycles. The van der Waals surface area contributed by atoms with Crippen LogP contribution in [0.3, 0.4) is 0 Å². The van der Waals surface area contributed by atoms with Crippen molar-refractivity contribution in [2.75, 3.05) is 0 Å². The third-order valence-corrected chi connectivity index (χ3v) is 8.53. The van der Waals surface area contributed by atoms with Crippen molar-refractivity contribution >= 4 is 72.7 Å². The highest BCUT2D eigenvalue weighted by Crippen LogP contribution is 2.40. The smallest absolute Gasteiger partial charge is 0.161 e. The number of hydrogen-bond acceptors (Lipinski definition) is 2. The van der Waals surface area contributed by atoms with E-state index >= 15 is 0 Å². The van der Waals surface area contributed by atoms with Gasteiger partial charge in [-0.25, -0.2) is 9.98 Å². The Balaban J connectivity index is 1.36. The normalized spacial score (nSPS) is 12.5. The summed E-state index contributed by atoms with van der Waals surface area (Å²) in [5.74, 6) is 0.519. The van der Waals surface area contributed by atoms with Gasteiger partial charge in [-0.3, -0.25) is 5.41 Å². The van der Waals surface area contributed by atoms with E-state index in [1.807, 2.05) is 110 Å². The largest absolute Gasteiger partial charge is 0.455 e. The topological polar surface area (TPSA) is 66.6 Å². The van der Waals surface area contributed by atoms with E-state index in [1.54, 1.807) is 0 Å². The van der Waals surface area contributed by atoms with E-state index in [0.29, 0.717) is 22.0 Å². The average molecular weight is 615 g/mol. The molecule has 220 valence electrons. The number of furan rings is 1. The Morgan fingerprint density at radius 1 is 0.630 bits per heavy atom. The summed E-state index contributed by atoms with van der Waals surface area (Å²) in [5.41, 5.74) is 7.76. The quantitative estimate of drug-likeness (QED) is 0.155. The highest BCUT2D eigenvalue weighted by molar-refractivity contribution is 6.31. The first-order valence-electron chi connectivity index (χ1n) is 15.0. The molecule has 1 N–H and O–H groups in total. The Hall–Kier alpha value is -5.78. The van der Waals surface area contributed by atoms with E-state index in [-0.39, 0.29) is 5.84 Å². The van der Waals surface area contributed by atoms with Crippen molar-refractivity contribution in [3.63, 3.8) is 0 Å². The summed E-state index contributed by atoms with van der Waals surface area (Å²) in [6.45, 7) is 1.95. The molecular formula is C40H27ClN4O. The number of aliphatic imine (C=N–C) groups is 2. The van der Waals surface area contributed by atoms with E-state index in [2.05, 4.69) is 41.0 Å². The van der Waals surface area contributed by atoms with Crippen LogP contribution in [0, 0.1) is 5.41 Å². The summed E-state index contributed by atoms with van der Waals surface area (Å²) in [5, 5.41) is 13.7. The van der Waals surface area contributed by atoms with Crippen molar-refractivity contribution in [2.24, 2.45) is 9.98 Å². The van der Waals surface area contributed by atoms with E-state index < -0.39 is 0 Å². The number of nitrogens with one attached hydrogen (secondary N) is 1. The molecule has 5 nitrogen and oxygen atoms in total. The molecule has 0 amide bonds. The maximum absolute atomic E-state index is 8.84. The van der Waals surface area contributed by atoms with Crippen LogP contribution in [0.2, 0.25) is 5.02 Å². The van der Waals surface area contributed by atoms with E-state index in [9.17, 15) is 0 Å². The first kappa shape index (κ1) is 27.7. The molecule has 0 fully saturated rings. The van der Waals surface area contributed by atoms with E-state index in [1.165, 1.54) is 0 Å². The number of halogens is 1. The number of rotatable bonds is 4. The zero-order chi connectivity index (χ0) is 31.2. The second-order valence-corrected chi connectivity index (χ2v) is 11.6. The first-order valence-corrected chi connectivity index (χ1v) is 15.4. The van der Waals surface area contributed by atoms with Gasteiger partial charge in [-0.2, -0.15) is 0 Å². The predicted octanol–water partition coefficient (Wildman–Crippen LogP) is 10.6. The molecule has 8 rings (SSSR count). The summed E-state index contributed by atoms with van der Waals surface area (Å²) in [6, 6.07) is 46.1. The van der Waals surface area contributed by atoms with Crippen LogP contribution in [0.5, 0.6) is 0 Å². The Labute approximate surface area is 270 Å². The second-order valence-electron chi connectivity index (χ2n) is 11.2. The molecular weight excluding hydrogens is 588 g/mol. The molecule has 0 saturated carbocycles. The maximum atomic E-state index is 8.84. The van der Waals surface area contributed by atoms with Crippen LogP contribution in [0.4, 0.5) is 0 Å². The second kappa shape index (κ2) is 11.3. The van der Waals surface area contributed by atoms with Gasteiger partial charge in [0, 0.05) is 43.7 Å². The minimum absolute atomic E-state index is 0.117. The Kier molecular flexibility index (Phi) is 6.81. The zero-order valence-electron chi connectivity index (χ0n) is 24.9. The third-order valence-electron chi connectivity index (χ3n) is 8.31. The fourth-order valence-electron chi connectivity index (χ4n) is 6.17. The molecule has 0 aliphatic rings. The number of hydrogen-bond donors (Lipinski definition) is 1. The van der Waals surface area contributed by atoms with Gasteiger partial charge in [0.05, 0.1) is 16.4 Å². The summed E-state index contributed by atoms with van der Waals surface area (Å²) in [4.78, 5) is 9.74. The maximum Gasteiger partial charge on any atom is 0.161 e. The van der Waals surface area contributed by atoms with Gasteiger partial charge in [-0.05, 0) is 55.0 Å². The highest BCUT2D eigenvalue weighted by atomic mass is 35.5. The van der Waals surface area contributed by atoms with Gasteiger partial charge < -0.3 is 8.98 Å². The van der Waals surface area contributed by atoms with Crippen molar-refractivity contribution in [1.82, 2.24) is 4.57 Å². The predicted molar refractivity (Wildman–Crippen MR) is 192 cm³/mol. The molecule has 0 aliphatic carbocycles. The van der Waals surface area contributed by atoms with Gasteiger partial charge in [0.2, 0.25) is 0 Å². The number of aromatic nitrogens is 1. The Morgan fingerprint density at radius 2 is 1.30 bits per heavy atom. The van der Waals surface area contributed by atoms with Gasteiger partial charge in [-0.15, -0.1) is 0 Å². The third kappa shape index (κ3) is 4.78. The van der Waals surface area contributed by atoms with Crippen LogP contribution in [-0.2, 0) is 0 Å². The van der Waals surface area contributed by atoms with E-state index in [4.69, 9.17) is 31.4 Å². The van der Waals surface area contributed by atoms with Crippen LogP contribution in [0.15, 0.2) is 154 Å². The Bertz CT molecular complexity index is 2510. The number of para-hydroxylation sites is 2. The summed E-state index contributed by atoms with van der Waals surface area (Å²) in [6.07, 6.45) is 0. The number of amidine groups is 2. The van der Waals surface area contributed by atoms with Crippen molar-refractivity contribution in [1.29, 1.82) is 5.41 Å². The molecule has 0 saturated heterocycles. The molecule has 0 radical (unpaired) electrons. The van der Waals surface area contributed by atoms with Crippen molar-refractivity contribution in [2.45, 2.75) is 6.92 Å².